The summed E-state index contributed by atoms with van der Waals surface area (Å²) in [5.74, 6) is 1.52. The van der Waals surface area contributed by atoms with Gasteiger partial charge in [0.1, 0.15) is 5.75 Å². The van der Waals surface area contributed by atoms with Crippen LogP contribution >= 0.6 is 0 Å². The molecule has 0 amide bonds. The number of nitrogens with zero attached hydrogens (tertiary/aromatic N) is 2. The van der Waals surface area contributed by atoms with E-state index in [1.807, 2.05) is 26.0 Å². The van der Waals surface area contributed by atoms with E-state index in [1.54, 1.807) is 24.5 Å². The average Bonchev–Trinajstić information content (AvgIpc) is 2.61. The van der Waals surface area contributed by atoms with Crippen LogP contribution in [0.5, 0.6) is 11.5 Å². The quantitative estimate of drug-likeness (QED) is 0.535. The van der Waals surface area contributed by atoms with Crippen molar-refractivity contribution in [1.82, 2.24) is 9.97 Å². The number of carbonyl (C=O) groups is 1. The predicted molar refractivity (Wildman–Crippen MR) is 93.0 cm³/mol. The van der Waals surface area contributed by atoms with Gasteiger partial charge in [-0.25, -0.2) is 9.97 Å². The number of benzene rings is 1. The Hall–Kier alpha value is -2.43. The molecule has 1 aromatic carbocycles. The standard InChI is InChI=1S/C19H24N2O3/c1-4-6-14(3)19(22)24-16-9-7-15(8-10-16)18-20-12-17(13-21-18)23-11-5-2/h7-10,12-14H,4-6,11H2,1-3H3. The fourth-order valence-electron chi connectivity index (χ4n) is 2.20. The van der Waals surface area contributed by atoms with Crippen LogP contribution in [-0.2, 0) is 4.79 Å². The van der Waals surface area contributed by atoms with Gasteiger partial charge in [-0.3, -0.25) is 4.79 Å². The summed E-state index contributed by atoms with van der Waals surface area (Å²) in [6, 6.07) is 7.21. The molecule has 0 saturated carbocycles. The fourth-order valence-corrected chi connectivity index (χ4v) is 2.20. The van der Waals surface area contributed by atoms with Gasteiger partial charge in [0.25, 0.3) is 0 Å². The Labute approximate surface area is 143 Å². The van der Waals surface area contributed by atoms with Gasteiger partial charge in [-0.05, 0) is 37.1 Å². The molecule has 1 aromatic heterocycles. The van der Waals surface area contributed by atoms with Crippen LogP contribution in [0.2, 0.25) is 0 Å². The molecule has 5 heteroatoms. The highest BCUT2D eigenvalue weighted by Gasteiger charge is 2.14. The van der Waals surface area contributed by atoms with Crippen molar-refractivity contribution in [2.75, 3.05) is 6.61 Å². The van der Waals surface area contributed by atoms with Crippen LogP contribution < -0.4 is 9.47 Å². The molecule has 0 saturated heterocycles. The highest BCUT2D eigenvalue weighted by Crippen LogP contribution is 2.21. The molecule has 2 aromatic rings. The van der Waals surface area contributed by atoms with Crippen LogP contribution in [0.3, 0.4) is 0 Å². The first-order valence-corrected chi connectivity index (χ1v) is 8.41. The number of esters is 1. The Kier molecular flexibility index (Phi) is 6.73. The second-order valence-corrected chi connectivity index (χ2v) is 5.73. The molecule has 0 fully saturated rings. The Morgan fingerprint density at radius 2 is 1.71 bits per heavy atom. The number of aromatic nitrogens is 2. The van der Waals surface area contributed by atoms with Crippen LogP contribution in [0, 0.1) is 5.92 Å². The molecule has 0 aliphatic carbocycles. The first kappa shape index (κ1) is 17.9. The first-order chi connectivity index (χ1) is 11.6. The zero-order valence-corrected chi connectivity index (χ0v) is 14.5. The predicted octanol–water partition coefficient (Wildman–Crippen LogP) is 4.27. The third-order valence-electron chi connectivity index (χ3n) is 3.56. The number of carbonyl (C=O) groups excluding carboxylic acids is 1. The molecule has 1 heterocycles. The first-order valence-electron chi connectivity index (χ1n) is 8.41. The van der Waals surface area contributed by atoms with E-state index in [9.17, 15) is 4.79 Å². The second-order valence-electron chi connectivity index (χ2n) is 5.73. The molecular weight excluding hydrogens is 304 g/mol. The minimum Gasteiger partial charge on any atom is -0.490 e. The van der Waals surface area contributed by atoms with Gasteiger partial charge >= 0.3 is 5.97 Å². The van der Waals surface area contributed by atoms with E-state index in [1.165, 1.54) is 0 Å². The van der Waals surface area contributed by atoms with Crippen molar-refractivity contribution in [3.05, 3.63) is 36.7 Å². The van der Waals surface area contributed by atoms with Gasteiger partial charge in [0.05, 0.1) is 24.9 Å². The normalized spacial score (nSPS) is 11.8. The van der Waals surface area contributed by atoms with Gasteiger partial charge in [0.2, 0.25) is 0 Å². The topological polar surface area (TPSA) is 61.3 Å². The SMILES string of the molecule is CCCOc1cnc(-c2ccc(OC(=O)C(C)CCC)cc2)nc1. The monoisotopic (exact) mass is 328 g/mol. The number of ether oxygens (including phenoxy) is 2. The molecule has 5 nitrogen and oxygen atoms in total. The number of hydrogen-bond donors (Lipinski definition) is 0. The van der Waals surface area contributed by atoms with Crippen molar-refractivity contribution >= 4 is 5.97 Å². The lowest BCUT2D eigenvalue weighted by molar-refractivity contribution is -0.138. The lowest BCUT2D eigenvalue weighted by Crippen LogP contribution is -2.17. The minimum atomic E-state index is -0.196. The zero-order valence-electron chi connectivity index (χ0n) is 14.5. The summed E-state index contributed by atoms with van der Waals surface area (Å²) >= 11 is 0. The fraction of sp³-hybridized carbons (Fsp3) is 0.421. The molecule has 0 bridgehead atoms. The Morgan fingerprint density at radius 3 is 2.29 bits per heavy atom. The van der Waals surface area contributed by atoms with E-state index in [0.29, 0.717) is 23.9 Å². The number of rotatable bonds is 8. The minimum absolute atomic E-state index is 0.0892. The molecule has 0 radical (unpaired) electrons. The van der Waals surface area contributed by atoms with E-state index >= 15 is 0 Å². The molecule has 0 spiro atoms. The Bertz CT molecular complexity index is 639. The van der Waals surface area contributed by atoms with Gasteiger partial charge in [0, 0.05) is 5.56 Å². The van der Waals surface area contributed by atoms with Crippen molar-refractivity contribution in [2.45, 2.75) is 40.0 Å². The number of hydrogen-bond acceptors (Lipinski definition) is 5. The van der Waals surface area contributed by atoms with Gasteiger partial charge in [0.15, 0.2) is 11.6 Å². The van der Waals surface area contributed by atoms with Crippen molar-refractivity contribution < 1.29 is 14.3 Å². The summed E-state index contributed by atoms with van der Waals surface area (Å²) in [6.45, 7) is 6.64. The Balaban J connectivity index is 1.99. The van der Waals surface area contributed by atoms with E-state index < -0.39 is 0 Å². The van der Waals surface area contributed by atoms with Crippen LogP contribution in [0.1, 0.15) is 40.0 Å². The third-order valence-corrected chi connectivity index (χ3v) is 3.56. The van der Waals surface area contributed by atoms with E-state index in [2.05, 4.69) is 16.9 Å². The zero-order chi connectivity index (χ0) is 17.4. The smallest absolute Gasteiger partial charge is 0.314 e. The van der Waals surface area contributed by atoms with Gasteiger partial charge in [-0.2, -0.15) is 0 Å². The summed E-state index contributed by atoms with van der Waals surface area (Å²) in [4.78, 5) is 20.5. The van der Waals surface area contributed by atoms with Crippen LogP contribution in [-0.4, -0.2) is 22.5 Å². The molecule has 1 unspecified atom stereocenters. The highest BCUT2D eigenvalue weighted by atomic mass is 16.5. The van der Waals surface area contributed by atoms with E-state index in [4.69, 9.17) is 9.47 Å². The molecule has 0 N–H and O–H groups in total. The summed E-state index contributed by atoms with van der Waals surface area (Å²) < 4.78 is 10.9. The van der Waals surface area contributed by atoms with Gasteiger partial charge in [-0.1, -0.05) is 27.2 Å². The largest absolute Gasteiger partial charge is 0.490 e. The summed E-state index contributed by atoms with van der Waals surface area (Å²) in [5.41, 5.74) is 0.860. The maximum atomic E-state index is 11.9. The van der Waals surface area contributed by atoms with Gasteiger partial charge in [-0.15, -0.1) is 0 Å². The average molecular weight is 328 g/mol. The van der Waals surface area contributed by atoms with Crippen molar-refractivity contribution in [1.29, 1.82) is 0 Å². The lowest BCUT2D eigenvalue weighted by Gasteiger charge is -2.10. The molecule has 1 atom stereocenters. The summed E-state index contributed by atoms with van der Waals surface area (Å²) in [5, 5.41) is 0. The molecule has 0 aliphatic rings. The van der Waals surface area contributed by atoms with Crippen molar-refractivity contribution in [2.24, 2.45) is 5.92 Å². The van der Waals surface area contributed by atoms with Crippen LogP contribution in [0.15, 0.2) is 36.7 Å². The summed E-state index contributed by atoms with van der Waals surface area (Å²) in [6.07, 6.45) is 6.07. The van der Waals surface area contributed by atoms with Crippen molar-refractivity contribution in [3.8, 4) is 22.9 Å². The Morgan fingerprint density at radius 1 is 1.04 bits per heavy atom. The summed E-state index contributed by atoms with van der Waals surface area (Å²) in [7, 11) is 0. The molecule has 128 valence electrons. The van der Waals surface area contributed by atoms with E-state index in [-0.39, 0.29) is 11.9 Å². The van der Waals surface area contributed by atoms with Crippen LogP contribution in [0.25, 0.3) is 11.4 Å². The molecule has 24 heavy (non-hydrogen) atoms. The highest BCUT2D eigenvalue weighted by molar-refractivity contribution is 5.75. The molecule has 2 rings (SSSR count). The molecule has 0 aliphatic heterocycles. The molecular formula is C19H24N2O3. The van der Waals surface area contributed by atoms with Crippen molar-refractivity contribution in [3.63, 3.8) is 0 Å². The lowest BCUT2D eigenvalue weighted by atomic mass is 10.1. The van der Waals surface area contributed by atoms with E-state index in [0.717, 1.165) is 24.8 Å². The maximum Gasteiger partial charge on any atom is 0.314 e. The van der Waals surface area contributed by atoms with Gasteiger partial charge < -0.3 is 9.47 Å². The second kappa shape index (κ2) is 9.01. The van der Waals surface area contributed by atoms with Crippen LogP contribution in [0.4, 0.5) is 0 Å². The third kappa shape index (κ3) is 5.05. The maximum absolute atomic E-state index is 11.9.